The number of urea groups is 1. The first-order valence-electron chi connectivity index (χ1n) is 7.61. The Kier molecular flexibility index (Phi) is 6.02. The molecule has 0 spiro atoms. The minimum atomic E-state index is -0.977. The summed E-state index contributed by atoms with van der Waals surface area (Å²) in [6.07, 6.45) is 0.532. The summed E-state index contributed by atoms with van der Waals surface area (Å²) in [4.78, 5) is 51.0. The monoisotopic (exact) mass is 385 g/mol. The molecule has 0 saturated carbocycles. The Morgan fingerprint density at radius 2 is 1.72 bits per heavy atom. The first-order valence-corrected chi connectivity index (χ1v) is 8.37. The molecule has 1 heterocycles. The number of halogens is 2. The van der Waals surface area contributed by atoms with E-state index in [9.17, 15) is 19.2 Å². The number of amides is 5. The second kappa shape index (κ2) is 7.84. The van der Waals surface area contributed by atoms with Gasteiger partial charge in [-0.15, -0.1) is 0 Å². The van der Waals surface area contributed by atoms with Crippen LogP contribution in [0, 0.1) is 0 Å². The molecule has 9 heteroatoms. The molecule has 25 heavy (non-hydrogen) atoms. The van der Waals surface area contributed by atoms with E-state index in [1.54, 1.807) is 25.1 Å². The Hall–Kier alpha value is -2.12. The Bertz CT molecular complexity index is 738. The molecule has 1 aromatic rings. The number of hydrogen-bond acceptors (Lipinski definition) is 4. The van der Waals surface area contributed by atoms with Gasteiger partial charge in [-0.1, -0.05) is 36.2 Å². The van der Waals surface area contributed by atoms with Crippen molar-refractivity contribution in [2.24, 2.45) is 0 Å². The molecule has 0 aliphatic carbocycles. The van der Waals surface area contributed by atoms with Crippen LogP contribution in [0.5, 0.6) is 0 Å². The molecule has 1 fully saturated rings. The molecule has 0 bridgehead atoms. The number of likely N-dealkylation sites (N-methyl/N-ethyl adjacent to an activating group) is 1. The van der Waals surface area contributed by atoms with Crippen molar-refractivity contribution in [1.29, 1.82) is 0 Å². The maximum Gasteiger partial charge on any atom is 0.334 e. The second-order valence-electron chi connectivity index (χ2n) is 5.63. The molecule has 0 atom stereocenters. The molecule has 1 aromatic carbocycles. The van der Waals surface area contributed by atoms with E-state index in [0.717, 1.165) is 10.5 Å². The number of nitrogens with zero attached hydrogens (tertiary/aromatic N) is 3. The van der Waals surface area contributed by atoms with Crippen molar-refractivity contribution in [3.05, 3.63) is 33.8 Å². The third kappa shape index (κ3) is 4.11. The van der Waals surface area contributed by atoms with Crippen molar-refractivity contribution in [1.82, 2.24) is 14.7 Å². The fourth-order valence-corrected chi connectivity index (χ4v) is 2.69. The highest BCUT2D eigenvalue weighted by atomic mass is 35.5. The molecule has 0 N–H and O–H groups in total. The highest BCUT2D eigenvalue weighted by Gasteiger charge is 2.44. The van der Waals surface area contributed by atoms with Gasteiger partial charge in [-0.05, 0) is 24.1 Å². The molecule has 1 aliphatic rings. The molecule has 1 aliphatic heterocycles. The maximum absolute atomic E-state index is 12.3. The van der Waals surface area contributed by atoms with Gasteiger partial charge in [0.15, 0.2) is 0 Å². The van der Waals surface area contributed by atoms with Gasteiger partial charge in [0, 0.05) is 20.1 Å². The molecule has 2 rings (SSSR count). The van der Waals surface area contributed by atoms with Crippen molar-refractivity contribution in [2.75, 3.05) is 20.1 Å². The van der Waals surface area contributed by atoms with Gasteiger partial charge in [0.1, 0.15) is 6.54 Å². The fourth-order valence-electron chi connectivity index (χ4n) is 2.37. The lowest BCUT2D eigenvalue weighted by atomic mass is 10.2. The lowest BCUT2D eigenvalue weighted by molar-refractivity contribution is -0.144. The van der Waals surface area contributed by atoms with Crippen LogP contribution >= 0.6 is 23.2 Å². The Morgan fingerprint density at radius 3 is 2.32 bits per heavy atom. The highest BCUT2D eigenvalue weighted by Crippen LogP contribution is 2.23. The van der Waals surface area contributed by atoms with Gasteiger partial charge in [-0.3, -0.25) is 19.3 Å². The van der Waals surface area contributed by atoms with Crippen molar-refractivity contribution in [3.8, 4) is 0 Å². The minimum absolute atomic E-state index is 0.146. The summed E-state index contributed by atoms with van der Waals surface area (Å²) in [6.45, 7) is 1.66. The Labute approximate surface area is 155 Å². The van der Waals surface area contributed by atoms with Crippen LogP contribution in [0.15, 0.2) is 18.2 Å². The number of carbonyl (C=O) groups is 4. The summed E-state index contributed by atoms with van der Waals surface area (Å²) in [6, 6.07) is 4.21. The van der Waals surface area contributed by atoms with Crippen LogP contribution in [0.2, 0.25) is 10.0 Å². The maximum atomic E-state index is 12.3. The molecule has 5 amide bonds. The predicted molar refractivity (Wildman–Crippen MR) is 92.0 cm³/mol. The standard InChI is InChI=1S/C16H17Cl2N3O4/c1-3-6-20-14(23)15(24)21(16(20)25)9-13(22)19(2)8-10-4-5-11(17)12(18)7-10/h4-5,7H,3,6,8-9H2,1-2H3. The third-order valence-electron chi connectivity index (χ3n) is 3.71. The van der Waals surface area contributed by atoms with E-state index in [0.29, 0.717) is 21.4 Å². The summed E-state index contributed by atoms with van der Waals surface area (Å²) in [5.74, 6) is -2.35. The van der Waals surface area contributed by atoms with Crippen molar-refractivity contribution in [2.45, 2.75) is 19.9 Å². The molecule has 134 valence electrons. The van der Waals surface area contributed by atoms with Crippen LogP contribution < -0.4 is 0 Å². The Balaban J connectivity index is 2.03. The Morgan fingerprint density at radius 1 is 1.08 bits per heavy atom. The van der Waals surface area contributed by atoms with Crippen LogP contribution in [0.3, 0.4) is 0 Å². The van der Waals surface area contributed by atoms with Crippen LogP contribution in [0.25, 0.3) is 0 Å². The zero-order chi connectivity index (χ0) is 18.7. The molecule has 1 saturated heterocycles. The van der Waals surface area contributed by atoms with Gasteiger partial charge in [-0.2, -0.15) is 0 Å². The number of hydrogen-bond donors (Lipinski definition) is 0. The van der Waals surface area contributed by atoms with E-state index in [2.05, 4.69) is 0 Å². The summed E-state index contributed by atoms with van der Waals surface area (Å²) in [5.41, 5.74) is 0.744. The van der Waals surface area contributed by atoms with E-state index in [1.165, 1.54) is 11.9 Å². The summed E-state index contributed by atoms with van der Waals surface area (Å²) >= 11 is 11.8. The van der Waals surface area contributed by atoms with Crippen LogP contribution in [-0.4, -0.2) is 58.6 Å². The average Bonchev–Trinajstić information content (AvgIpc) is 2.76. The van der Waals surface area contributed by atoms with E-state index in [4.69, 9.17) is 23.2 Å². The van der Waals surface area contributed by atoms with E-state index >= 15 is 0 Å². The number of carbonyl (C=O) groups excluding carboxylic acids is 4. The molecule has 0 aromatic heterocycles. The third-order valence-corrected chi connectivity index (χ3v) is 4.44. The predicted octanol–water partition coefficient (Wildman–Crippen LogP) is 2.15. The van der Waals surface area contributed by atoms with Gasteiger partial charge < -0.3 is 4.90 Å². The molecular weight excluding hydrogens is 369 g/mol. The van der Waals surface area contributed by atoms with Crippen LogP contribution in [0.1, 0.15) is 18.9 Å². The normalized spacial score (nSPS) is 14.5. The van der Waals surface area contributed by atoms with Crippen molar-refractivity contribution in [3.63, 3.8) is 0 Å². The SMILES string of the molecule is CCCN1C(=O)C(=O)N(CC(=O)N(C)Cc2ccc(Cl)c(Cl)c2)C1=O. The quantitative estimate of drug-likeness (QED) is 0.555. The smallest absolute Gasteiger partial charge is 0.334 e. The zero-order valence-electron chi connectivity index (χ0n) is 13.8. The summed E-state index contributed by atoms with van der Waals surface area (Å²) < 4.78 is 0. The number of imide groups is 2. The molecule has 0 unspecified atom stereocenters. The van der Waals surface area contributed by atoms with E-state index in [-0.39, 0.29) is 13.1 Å². The molecule has 0 radical (unpaired) electrons. The zero-order valence-corrected chi connectivity index (χ0v) is 15.3. The van der Waals surface area contributed by atoms with Crippen LogP contribution in [-0.2, 0) is 20.9 Å². The molecular formula is C16H17Cl2N3O4. The van der Waals surface area contributed by atoms with Crippen molar-refractivity contribution >= 4 is 47.0 Å². The topological polar surface area (TPSA) is 78.0 Å². The largest absolute Gasteiger partial charge is 0.340 e. The van der Waals surface area contributed by atoms with Gasteiger partial charge in [0.2, 0.25) is 5.91 Å². The van der Waals surface area contributed by atoms with Gasteiger partial charge in [-0.25, -0.2) is 9.69 Å². The van der Waals surface area contributed by atoms with Gasteiger partial charge >= 0.3 is 17.8 Å². The first-order chi connectivity index (χ1) is 11.8. The van der Waals surface area contributed by atoms with E-state index in [1.807, 2.05) is 0 Å². The summed E-state index contributed by atoms with van der Waals surface area (Å²) in [7, 11) is 1.53. The number of benzene rings is 1. The first kappa shape index (κ1) is 19.2. The highest BCUT2D eigenvalue weighted by molar-refractivity contribution is 6.45. The van der Waals surface area contributed by atoms with E-state index < -0.39 is 30.3 Å². The number of rotatable bonds is 6. The average molecular weight is 386 g/mol. The lowest BCUT2D eigenvalue weighted by Crippen LogP contribution is -2.42. The minimum Gasteiger partial charge on any atom is -0.340 e. The molecule has 7 nitrogen and oxygen atoms in total. The fraction of sp³-hybridized carbons (Fsp3) is 0.375. The van der Waals surface area contributed by atoms with Crippen LogP contribution in [0.4, 0.5) is 4.79 Å². The van der Waals surface area contributed by atoms with Crippen molar-refractivity contribution < 1.29 is 19.2 Å². The second-order valence-corrected chi connectivity index (χ2v) is 6.44. The lowest BCUT2D eigenvalue weighted by Gasteiger charge is -2.20. The van der Waals surface area contributed by atoms with Gasteiger partial charge in [0.25, 0.3) is 0 Å². The summed E-state index contributed by atoms with van der Waals surface area (Å²) in [5, 5.41) is 0.771. The van der Waals surface area contributed by atoms with Gasteiger partial charge in [0.05, 0.1) is 10.0 Å².